The number of pyridine rings is 1. The fraction of sp³-hybridized carbons (Fsp3) is 0.300. The van der Waals surface area contributed by atoms with Crippen molar-refractivity contribution in [2.45, 2.75) is 6.04 Å². The second-order valence-electron chi connectivity index (χ2n) is 3.22. The number of rotatable bonds is 3. The summed E-state index contributed by atoms with van der Waals surface area (Å²) in [6.07, 6.45) is 5.64. The molecule has 0 bridgehead atoms. The van der Waals surface area contributed by atoms with Crippen molar-refractivity contribution in [3.8, 4) is 0 Å². The lowest BCUT2D eigenvalue weighted by atomic mass is 10.1. The third-order valence-corrected chi connectivity index (χ3v) is 2.19. The zero-order chi connectivity index (χ0) is 9.97. The summed E-state index contributed by atoms with van der Waals surface area (Å²) < 4.78 is 6.95. The summed E-state index contributed by atoms with van der Waals surface area (Å²) in [5, 5.41) is 0. The average molecular weight is 191 g/mol. The number of fused-ring (bicyclic) bond motifs is 1. The van der Waals surface area contributed by atoms with Crippen LogP contribution in [0, 0.1) is 0 Å². The number of nitrogens with two attached hydrogens (primary N) is 1. The van der Waals surface area contributed by atoms with Crippen LogP contribution >= 0.6 is 0 Å². The maximum absolute atomic E-state index is 5.91. The van der Waals surface area contributed by atoms with E-state index < -0.39 is 0 Å². The largest absolute Gasteiger partial charge is 0.383 e. The van der Waals surface area contributed by atoms with Crippen molar-refractivity contribution in [1.82, 2.24) is 9.38 Å². The molecule has 2 aromatic rings. The molecule has 0 aliphatic carbocycles. The quantitative estimate of drug-likeness (QED) is 0.786. The van der Waals surface area contributed by atoms with Crippen LogP contribution in [0.25, 0.3) is 5.65 Å². The van der Waals surface area contributed by atoms with Gasteiger partial charge in [-0.15, -0.1) is 0 Å². The highest BCUT2D eigenvalue weighted by molar-refractivity contribution is 5.40. The van der Waals surface area contributed by atoms with Crippen LogP contribution in [-0.4, -0.2) is 23.1 Å². The van der Waals surface area contributed by atoms with Gasteiger partial charge < -0.3 is 14.9 Å². The van der Waals surface area contributed by atoms with E-state index in [1.54, 1.807) is 13.3 Å². The molecule has 0 saturated carbocycles. The summed E-state index contributed by atoms with van der Waals surface area (Å²) in [7, 11) is 1.65. The molecule has 0 spiro atoms. The molecule has 2 N–H and O–H groups in total. The van der Waals surface area contributed by atoms with E-state index in [4.69, 9.17) is 10.5 Å². The van der Waals surface area contributed by atoms with Crippen molar-refractivity contribution < 1.29 is 4.74 Å². The number of hydrogen-bond acceptors (Lipinski definition) is 3. The van der Waals surface area contributed by atoms with Crippen molar-refractivity contribution in [2.24, 2.45) is 5.73 Å². The molecule has 0 aromatic carbocycles. The first kappa shape index (κ1) is 9.18. The van der Waals surface area contributed by atoms with Crippen molar-refractivity contribution in [3.05, 3.63) is 36.3 Å². The number of ether oxygens (including phenoxy) is 1. The van der Waals surface area contributed by atoms with Crippen LogP contribution in [0.15, 0.2) is 30.7 Å². The van der Waals surface area contributed by atoms with Gasteiger partial charge in [0.05, 0.1) is 12.6 Å². The van der Waals surface area contributed by atoms with Crippen molar-refractivity contribution in [3.63, 3.8) is 0 Å². The summed E-state index contributed by atoms with van der Waals surface area (Å²) in [5.74, 6) is 0. The Balaban J connectivity index is 2.33. The smallest absolute Gasteiger partial charge is 0.136 e. The molecular weight excluding hydrogens is 178 g/mol. The summed E-state index contributed by atoms with van der Waals surface area (Å²) in [4.78, 5) is 4.16. The number of hydrogen-bond donors (Lipinski definition) is 1. The molecule has 0 aliphatic rings. The lowest BCUT2D eigenvalue weighted by Gasteiger charge is -2.10. The summed E-state index contributed by atoms with van der Waals surface area (Å²) in [6, 6.07) is 3.85. The van der Waals surface area contributed by atoms with Gasteiger partial charge in [0.25, 0.3) is 0 Å². The monoisotopic (exact) mass is 191 g/mol. The Kier molecular flexibility index (Phi) is 2.47. The third-order valence-electron chi connectivity index (χ3n) is 2.19. The first-order valence-electron chi connectivity index (χ1n) is 4.48. The van der Waals surface area contributed by atoms with Gasteiger partial charge in [-0.2, -0.15) is 0 Å². The van der Waals surface area contributed by atoms with Crippen LogP contribution in [0.2, 0.25) is 0 Å². The Labute approximate surface area is 82.3 Å². The first-order chi connectivity index (χ1) is 6.81. The molecule has 0 radical (unpaired) electrons. The number of aromatic nitrogens is 2. The second-order valence-corrected chi connectivity index (χ2v) is 3.22. The van der Waals surface area contributed by atoms with Gasteiger partial charge in [0, 0.05) is 25.7 Å². The van der Waals surface area contributed by atoms with Gasteiger partial charge >= 0.3 is 0 Å². The van der Waals surface area contributed by atoms with Crippen LogP contribution in [-0.2, 0) is 4.74 Å². The van der Waals surface area contributed by atoms with Crippen LogP contribution < -0.4 is 5.73 Å². The first-order valence-corrected chi connectivity index (χ1v) is 4.48. The SMILES string of the molecule is COCC(N)c1ccc2nccn2c1. The zero-order valence-electron chi connectivity index (χ0n) is 8.05. The standard InChI is InChI=1S/C10H13N3O/c1-14-7-9(11)8-2-3-10-12-4-5-13(10)6-8/h2-6,9H,7,11H2,1H3. The van der Waals surface area contributed by atoms with E-state index in [9.17, 15) is 0 Å². The summed E-state index contributed by atoms with van der Waals surface area (Å²) in [6.45, 7) is 0.528. The average Bonchev–Trinajstić information content (AvgIpc) is 2.64. The van der Waals surface area contributed by atoms with Crippen LogP contribution in [0.5, 0.6) is 0 Å². The van der Waals surface area contributed by atoms with Crippen LogP contribution in [0.4, 0.5) is 0 Å². The number of methoxy groups -OCH3 is 1. The topological polar surface area (TPSA) is 52.5 Å². The molecule has 0 amide bonds. The molecular formula is C10H13N3O. The summed E-state index contributed by atoms with van der Waals surface area (Å²) >= 11 is 0. The minimum Gasteiger partial charge on any atom is -0.383 e. The van der Waals surface area contributed by atoms with E-state index in [-0.39, 0.29) is 6.04 Å². The highest BCUT2D eigenvalue weighted by Crippen LogP contribution is 2.11. The molecule has 1 unspecified atom stereocenters. The normalized spacial score (nSPS) is 13.3. The molecule has 2 heterocycles. The van der Waals surface area contributed by atoms with Gasteiger partial charge in [-0.25, -0.2) is 4.98 Å². The zero-order valence-corrected chi connectivity index (χ0v) is 8.05. The van der Waals surface area contributed by atoms with Gasteiger partial charge in [-0.3, -0.25) is 0 Å². The molecule has 14 heavy (non-hydrogen) atoms. The van der Waals surface area contributed by atoms with Gasteiger partial charge in [-0.05, 0) is 11.6 Å². The van der Waals surface area contributed by atoms with E-state index in [0.717, 1.165) is 11.2 Å². The molecule has 74 valence electrons. The van der Waals surface area contributed by atoms with Gasteiger partial charge in [0.2, 0.25) is 0 Å². The Morgan fingerprint density at radius 1 is 1.57 bits per heavy atom. The molecule has 2 aromatic heterocycles. The Morgan fingerprint density at radius 2 is 2.43 bits per heavy atom. The van der Waals surface area contributed by atoms with E-state index >= 15 is 0 Å². The van der Waals surface area contributed by atoms with E-state index in [1.165, 1.54) is 0 Å². The van der Waals surface area contributed by atoms with Crippen LogP contribution in [0.1, 0.15) is 11.6 Å². The van der Waals surface area contributed by atoms with Crippen LogP contribution in [0.3, 0.4) is 0 Å². The van der Waals surface area contributed by atoms with E-state index in [0.29, 0.717) is 6.61 Å². The molecule has 0 saturated heterocycles. The molecule has 0 aliphatic heterocycles. The van der Waals surface area contributed by atoms with Crippen molar-refractivity contribution in [2.75, 3.05) is 13.7 Å². The number of nitrogens with zero attached hydrogens (tertiary/aromatic N) is 2. The fourth-order valence-corrected chi connectivity index (χ4v) is 1.43. The Morgan fingerprint density at radius 3 is 3.21 bits per heavy atom. The molecule has 4 nitrogen and oxygen atoms in total. The molecule has 2 rings (SSSR count). The fourth-order valence-electron chi connectivity index (χ4n) is 1.43. The Bertz CT molecular complexity index is 424. The van der Waals surface area contributed by atoms with Gasteiger partial charge in [-0.1, -0.05) is 6.07 Å². The molecule has 0 fully saturated rings. The van der Waals surface area contributed by atoms with Gasteiger partial charge in [0.15, 0.2) is 0 Å². The second kappa shape index (κ2) is 3.77. The summed E-state index contributed by atoms with van der Waals surface area (Å²) in [5.41, 5.74) is 7.89. The predicted molar refractivity (Wildman–Crippen MR) is 54.0 cm³/mol. The van der Waals surface area contributed by atoms with Gasteiger partial charge in [0.1, 0.15) is 5.65 Å². The Hall–Kier alpha value is -1.39. The molecule has 4 heteroatoms. The maximum atomic E-state index is 5.91. The highest BCUT2D eigenvalue weighted by atomic mass is 16.5. The number of imidazole rings is 1. The lowest BCUT2D eigenvalue weighted by molar-refractivity contribution is 0.181. The molecule has 1 atom stereocenters. The minimum absolute atomic E-state index is 0.0770. The van der Waals surface area contributed by atoms with E-state index in [2.05, 4.69) is 4.98 Å². The minimum atomic E-state index is -0.0770. The van der Waals surface area contributed by atoms with E-state index in [1.807, 2.05) is 28.9 Å². The third kappa shape index (κ3) is 1.62. The highest BCUT2D eigenvalue weighted by Gasteiger charge is 2.05. The predicted octanol–water partition coefficient (Wildman–Crippen LogP) is 0.981. The lowest BCUT2D eigenvalue weighted by Crippen LogP contribution is -2.16. The van der Waals surface area contributed by atoms with Crippen molar-refractivity contribution in [1.29, 1.82) is 0 Å². The maximum Gasteiger partial charge on any atom is 0.136 e. The van der Waals surface area contributed by atoms with Crippen molar-refractivity contribution >= 4 is 5.65 Å².